The predicted molar refractivity (Wildman–Crippen MR) is 64.6 cm³/mol. The number of nitrogens with one attached hydrogen (secondary N) is 1. The Hall–Kier alpha value is -1.48. The third kappa shape index (κ3) is 2.73. The topological polar surface area (TPSA) is 21.3 Å². The van der Waals surface area contributed by atoms with Gasteiger partial charge in [0.25, 0.3) is 0 Å². The fraction of sp³-hybridized carbons (Fsp3) is 0.167. The zero-order chi connectivity index (χ0) is 10.5. The number of benzene rings is 1. The molecule has 0 saturated heterocycles. The summed E-state index contributed by atoms with van der Waals surface area (Å²) in [6, 6.07) is 12.1. The summed E-state index contributed by atoms with van der Waals surface area (Å²) in [5.41, 5.74) is 1.12. The van der Waals surface area contributed by atoms with Gasteiger partial charge in [-0.15, -0.1) is 11.3 Å². The van der Waals surface area contributed by atoms with E-state index in [9.17, 15) is 0 Å². The summed E-state index contributed by atoms with van der Waals surface area (Å²) >= 11 is 1.76. The first kappa shape index (κ1) is 10.1. The molecule has 2 aromatic rings. The highest BCUT2D eigenvalue weighted by Crippen LogP contribution is 2.16. The maximum atomic E-state index is 5.09. The van der Waals surface area contributed by atoms with Crippen LogP contribution in [-0.4, -0.2) is 7.11 Å². The van der Waals surface area contributed by atoms with Crippen LogP contribution in [-0.2, 0) is 6.54 Å². The van der Waals surface area contributed by atoms with Crippen LogP contribution >= 0.6 is 11.3 Å². The minimum absolute atomic E-state index is 0.879. The van der Waals surface area contributed by atoms with E-state index >= 15 is 0 Å². The Morgan fingerprint density at radius 2 is 2.00 bits per heavy atom. The number of thiophene rings is 1. The van der Waals surface area contributed by atoms with Crippen molar-refractivity contribution in [1.29, 1.82) is 0 Å². The van der Waals surface area contributed by atoms with Crippen molar-refractivity contribution < 1.29 is 4.74 Å². The second kappa shape index (κ2) is 4.84. The second-order valence-corrected chi connectivity index (χ2v) is 4.19. The molecule has 0 unspecified atom stereocenters. The molecule has 0 radical (unpaired) electrons. The van der Waals surface area contributed by atoms with Gasteiger partial charge >= 0.3 is 0 Å². The summed E-state index contributed by atoms with van der Waals surface area (Å²) in [5, 5.41) is 5.44. The van der Waals surface area contributed by atoms with Crippen LogP contribution in [0, 0.1) is 0 Å². The minimum atomic E-state index is 0.879. The summed E-state index contributed by atoms with van der Waals surface area (Å²) in [7, 11) is 1.67. The number of methoxy groups -OCH3 is 1. The summed E-state index contributed by atoms with van der Waals surface area (Å²) in [4.78, 5) is 1.34. The first-order valence-corrected chi connectivity index (χ1v) is 5.67. The van der Waals surface area contributed by atoms with Gasteiger partial charge in [-0.1, -0.05) is 6.07 Å². The van der Waals surface area contributed by atoms with Crippen LogP contribution < -0.4 is 10.1 Å². The average Bonchev–Trinajstić information content (AvgIpc) is 2.80. The molecule has 1 N–H and O–H groups in total. The van der Waals surface area contributed by atoms with E-state index in [1.165, 1.54) is 4.88 Å². The molecule has 15 heavy (non-hydrogen) atoms. The standard InChI is InChI=1S/C12H13NOS/c1-14-11-6-4-10(5-7-11)13-9-12-3-2-8-15-12/h2-8,13H,9H2,1H3. The Morgan fingerprint density at radius 3 is 2.60 bits per heavy atom. The number of ether oxygens (including phenoxy) is 1. The maximum Gasteiger partial charge on any atom is 0.119 e. The summed E-state index contributed by atoms with van der Waals surface area (Å²) < 4.78 is 5.09. The van der Waals surface area contributed by atoms with Gasteiger partial charge in [0.05, 0.1) is 7.11 Å². The van der Waals surface area contributed by atoms with E-state index in [4.69, 9.17) is 4.74 Å². The molecule has 0 spiro atoms. The molecular formula is C12H13NOS. The van der Waals surface area contributed by atoms with Gasteiger partial charge in [0, 0.05) is 17.1 Å². The molecule has 0 aliphatic rings. The fourth-order valence-corrected chi connectivity index (χ4v) is 1.96. The molecule has 0 aliphatic heterocycles. The van der Waals surface area contributed by atoms with Gasteiger partial charge in [-0.05, 0) is 35.7 Å². The van der Waals surface area contributed by atoms with Crippen LogP contribution in [0.25, 0.3) is 0 Å². The van der Waals surface area contributed by atoms with E-state index in [2.05, 4.69) is 22.8 Å². The van der Waals surface area contributed by atoms with Gasteiger partial charge in [0.2, 0.25) is 0 Å². The van der Waals surface area contributed by atoms with Crippen molar-refractivity contribution in [3.05, 3.63) is 46.7 Å². The molecule has 2 rings (SSSR count). The zero-order valence-corrected chi connectivity index (χ0v) is 9.38. The Bertz CT molecular complexity index is 394. The maximum absolute atomic E-state index is 5.09. The van der Waals surface area contributed by atoms with Crippen molar-refractivity contribution in [2.75, 3.05) is 12.4 Å². The highest BCUT2D eigenvalue weighted by atomic mass is 32.1. The lowest BCUT2D eigenvalue weighted by Gasteiger charge is -2.05. The molecule has 0 bridgehead atoms. The Kier molecular flexibility index (Phi) is 3.25. The molecule has 0 atom stereocenters. The first-order valence-electron chi connectivity index (χ1n) is 4.79. The number of anilines is 1. The van der Waals surface area contributed by atoms with Crippen LogP contribution in [0.5, 0.6) is 5.75 Å². The largest absolute Gasteiger partial charge is 0.497 e. The molecule has 0 amide bonds. The van der Waals surface area contributed by atoms with E-state index < -0.39 is 0 Å². The number of hydrogen-bond donors (Lipinski definition) is 1. The van der Waals surface area contributed by atoms with E-state index in [0.717, 1.165) is 18.0 Å². The van der Waals surface area contributed by atoms with E-state index in [-0.39, 0.29) is 0 Å². The van der Waals surface area contributed by atoms with E-state index in [1.807, 2.05) is 24.3 Å². The fourth-order valence-electron chi connectivity index (χ4n) is 1.31. The minimum Gasteiger partial charge on any atom is -0.497 e. The summed E-state index contributed by atoms with van der Waals surface area (Å²) in [6.07, 6.45) is 0. The van der Waals surface area contributed by atoms with Crippen LogP contribution in [0.1, 0.15) is 4.88 Å². The SMILES string of the molecule is COc1ccc(NCc2cccs2)cc1. The average molecular weight is 219 g/mol. The molecule has 1 aromatic carbocycles. The molecule has 0 fully saturated rings. The van der Waals surface area contributed by atoms with Crippen LogP contribution in [0.15, 0.2) is 41.8 Å². The number of rotatable bonds is 4. The molecule has 78 valence electrons. The van der Waals surface area contributed by atoms with Gasteiger partial charge in [-0.3, -0.25) is 0 Å². The summed E-state index contributed by atoms with van der Waals surface area (Å²) in [5.74, 6) is 0.886. The van der Waals surface area contributed by atoms with E-state index in [0.29, 0.717) is 0 Å². The third-order valence-corrected chi connectivity index (χ3v) is 3.01. The zero-order valence-electron chi connectivity index (χ0n) is 8.57. The molecule has 2 nitrogen and oxygen atoms in total. The first-order chi connectivity index (χ1) is 7.38. The quantitative estimate of drug-likeness (QED) is 0.851. The van der Waals surface area contributed by atoms with E-state index in [1.54, 1.807) is 18.4 Å². The van der Waals surface area contributed by atoms with Crippen molar-refractivity contribution in [2.45, 2.75) is 6.54 Å². The third-order valence-electron chi connectivity index (χ3n) is 2.14. The van der Waals surface area contributed by atoms with Gasteiger partial charge in [-0.25, -0.2) is 0 Å². The lowest BCUT2D eigenvalue weighted by molar-refractivity contribution is 0.415. The smallest absolute Gasteiger partial charge is 0.119 e. The Labute approximate surface area is 93.5 Å². The van der Waals surface area contributed by atoms with Crippen molar-refractivity contribution in [1.82, 2.24) is 0 Å². The van der Waals surface area contributed by atoms with Gasteiger partial charge < -0.3 is 10.1 Å². The van der Waals surface area contributed by atoms with Crippen LogP contribution in [0.3, 0.4) is 0 Å². The van der Waals surface area contributed by atoms with Crippen molar-refractivity contribution in [2.24, 2.45) is 0 Å². The lowest BCUT2D eigenvalue weighted by atomic mass is 10.3. The highest BCUT2D eigenvalue weighted by molar-refractivity contribution is 7.09. The van der Waals surface area contributed by atoms with Crippen molar-refractivity contribution >= 4 is 17.0 Å². The summed E-state index contributed by atoms with van der Waals surface area (Å²) in [6.45, 7) is 0.879. The van der Waals surface area contributed by atoms with Gasteiger partial charge in [0.1, 0.15) is 5.75 Å². The highest BCUT2D eigenvalue weighted by Gasteiger charge is 1.95. The van der Waals surface area contributed by atoms with Gasteiger partial charge in [-0.2, -0.15) is 0 Å². The van der Waals surface area contributed by atoms with Crippen molar-refractivity contribution in [3.63, 3.8) is 0 Å². The Balaban J connectivity index is 1.93. The lowest BCUT2D eigenvalue weighted by Crippen LogP contribution is -1.96. The molecular weight excluding hydrogens is 206 g/mol. The number of hydrogen-bond acceptors (Lipinski definition) is 3. The molecule has 1 aromatic heterocycles. The van der Waals surface area contributed by atoms with Crippen LogP contribution in [0.4, 0.5) is 5.69 Å². The molecule has 1 heterocycles. The second-order valence-electron chi connectivity index (χ2n) is 3.16. The van der Waals surface area contributed by atoms with Crippen LogP contribution in [0.2, 0.25) is 0 Å². The van der Waals surface area contributed by atoms with Gasteiger partial charge in [0.15, 0.2) is 0 Å². The van der Waals surface area contributed by atoms with Crippen molar-refractivity contribution in [3.8, 4) is 5.75 Å². The molecule has 0 aliphatic carbocycles. The monoisotopic (exact) mass is 219 g/mol. The molecule has 0 saturated carbocycles. The molecule has 3 heteroatoms. The normalized spacial score (nSPS) is 9.93. The Morgan fingerprint density at radius 1 is 1.20 bits per heavy atom. The predicted octanol–water partition coefficient (Wildman–Crippen LogP) is 3.37.